The molecule has 0 aromatic carbocycles. The van der Waals surface area contributed by atoms with Gasteiger partial charge in [-0.15, -0.1) is 0 Å². The minimum Gasteiger partial charge on any atom is -0.492 e. The summed E-state index contributed by atoms with van der Waals surface area (Å²) in [6, 6.07) is 0. The van der Waals surface area contributed by atoms with Crippen LogP contribution >= 0.6 is 7.82 Å². The van der Waals surface area contributed by atoms with Crippen LogP contribution in [-0.4, -0.2) is 77.0 Å². The number of phosphoric acid groups is 1. The summed E-state index contributed by atoms with van der Waals surface area (Å²) in [5, 5.41) is 30.4. The number of hydrogen-bond donors (Lipinski definition) is 5. The predicted molar refractivity (Wildman–Crippen MR) is 223 cm³/mol. The highest BCUT2D eigenvalue weighted by Crippen LogP contribution is 2.43. The van der Waals surface area contributed by atoms with Gasteiger partial charge in [0, 0.05) is 13.0 Å². The smallest absolute Gasteiger partial charge is 0.472 e. The lowest BCUT2D eigenvalue weighted by Gasteiger charge is -2.19. The van der Waals surface area contributed by atoms with Crippen molar-refractivity contribution in [3.63, 3.8) is 0 Å². The van der Waals surface area contributed by atoms with Crippen molar-refractivity contribution in [3.8, 4) is 0 Å². The SMILES string of the molecule is CCCCCCCC/C=C\CCCCCC/C=C/O[C@H](COC(=O)CCC[C@@H](O)[C@H](O)/C=C/C=C/C=C\C=C\[C@H](O)CCCCC)COP(=O)(O)OCCN. The number of allylic oxidation sites excluding steroid dienone is 9. The molecule has 5 atom stereocenters. The molecule has 0 amide bonds. The lowest BCUT2D eigenvalue weighted by atomic mass is 10.1. The van der Waals surface area contributed by atoms with Gasteiger partial charge < -0.3 is 35.4 Å². The van der Waals surface area contributed by atoms with Crippen molar-refractivity contribution in [2.75, 3.05) is 26.4 Å². The van der Waals surface area contributed by atoms with Gasteiger partial charge in [-0.25, -0.2) is 4.57 Å². The van der Waals surface area contributed by atoms with E-state index in [4.69, 9.17) is 24.3 Å². The first-order valence-electron chi connectivity index (χ1n) is 20.8. The average molecular weight is 798 g/mol. The van der Waals surface area contributed by atoms with Gasteiger partial charge in [0.2, 0.25) is 0 Å². The molecule has 0 saturated carbocycles. The lowest BCUT2D eigenvalue weighted by molar-refractivity contribution is -0.147. The lowest BCUT2D eigenvalue weighted by Crippen LogP contribution is -2.26. The van der Waals surface area contributed by atoms with E-state index in [-0.39, 0.29) is 45.6 Å². The number of aliphatic hydroxyl groups excluding tert-OH is 3. The molecule has 11 nitrogen and oxygen atoms in total. The Morgan fingerprint density at radius 2 is 1.24 bits per heavy atom. The van der Waals surface area contributed by atoms with Crippen LogP contribution in [0.5, 0.6) is 0 Å². The highest BCUT2D eigenvalue weighted by atomic mass is 31.2. The Morgan fingerprint density at radius 1 is 0.673 bits per heavy atom. The van der Waals surface area contributed by atoms with Gasteiger partial charge in [-0.05, 0) is 63.9 Å². The number of carbonyl (C=O) groups is 1. The Balaban J connectivity index is 4.48. The second-order valence-electron chi connectivity index (χ2n) is 13.8. The second kappa shape index (κ2) is 38.5. The van der Waals surface area contributed by atoms with Gasteiger partial charge in [0.25, 0.3) is 0 Å². The van der Waals surface area contributed by atoms with Gasteiger partial charge >= 0.3 is 13.8 Å². The van der Waals surface area contributed by atoms with Gasteiger partial charge in [0.05, 0.1) is 37.8 Å². The molecule has 0 aliphatic heterocycles. The van der Waals surface area contributed by atoms with E-state index in [1.165, 1.54) is 63.7 Å². The fourth-order valence-corrected chi connectivity index (χ4v) is 6.00. The van der Waals surface area contributed by atoms with Crippen molar-refractivity contribution in [1.29, 1.82) is 0 Å². The van der Waals surface area contributed by atoms with E-state index in [0.717, 1.165) is 57.8 Å². The zero-order valence-corrected chi connectivity index (χ0v) is 34.9. The number of esters is 1. The molecule has 55 heavy (non-hydrogen) atoms. The van der Waals surface area contributed by atoms with Crippen LogP contribution in [0.2, 0.25) is 0 Å². The van der Waals surface area contributed by atoms with Gasteiger partial charge in [-0.2, -0.15) is 0 Å². The number of rotatable bonds is 38. The largest absolute Gasteiger partial charge is 0.492 e. The number of hydrogen-bond acceptors (Lipinski definition) is 10. The van der Waals surface area contributed by atoms with Crippen LogP contribution < -0.4 is 5.73 Å². The first-order chi connectivity index (χ1) is 26.6. The maximum absolute atomic E-state index is 12.4. The van der Waals surface area contributed by atoms with E-state index in [1.807, 2.05) is 6.08 Å². The Hall–Kier alpha value is -2.34. The third kappa shape index (κ3) is 37.0. The molecular weight excluding hydrogens is 721 g/mol. The Bertz CT molecular complexity index is 1120. The Kier molecular flexibility index (Phi) is 36.9. The van der Waals surface area contributed by atoms with Crippen LogP contribution in [0.15, 0.2) is 73.1 Å². The topological polar surface area (TPSA) is 178 Å². The predicted octanol–water partition coefficient (Wildman–Crippen LogP) is 9.23. The van der Waals surface area contributed by atoms with Crippen molar-refractivity contribution in [2.24, 2.45) is 5.73 Å². The van der Waals surface area contributed by atoms with E-state index >= 15 is 0 Å². The monoisotopic (exact) mass is 798 g/mol. The second-order valence-corrected chi connectivity index (χ2v) is 15.2. The fraction of sp³-hybridized carbons (Fsp3) is 0.698. The molecule has 12 heteroatoms. The van der Waals surface area contributed by atoms with E-state index in [0.29, 0.717) is 0 Å². The number of aliphatic hydroxyl groups is 3. The minimum atomic E-state index is -4.36. The highest BCUT2D eigenvalue weighted by molar-refractivity contribution is 7.47. The third-order valence-electron chi connectivity index (χ3n) is 8.55. The molecule has 0 aliphatic carbocycles. The van der Waals surface area contributed by atoms with Crippen molar-refractivity contribution in [1.82, 2.24) is 0 Å². The van der Waals surface area contributed by atoms with Gasteiger partial charge in [0.15, 0.2) is 6.10 Å². The average Bonchev–Trinajstić information content (AvgIpc) is 3.16. The molecule has 0 aromatic heterocycles. The molecule has 0 rings (SSSR count). The summed E-state index contributed by atoms with van der Waals surface area (Å²) < 4.78 is 32.9. The summed E-state index contributed by atoms with van der Waals surface area (Å²) in [6.45, 7) is 3.68. The summed E-state index contributed by atoms with van der Waals surface area (Å²) >= 11 is 0. The molecule has 0 radical (unpaired) electrons. The minimum absolute atomic E-state index is 0.00452. The van der Waals surface area contributed by atoms with E-state index in [1.54, 1.807) is 42.5 Å². The Labute approximate surface area is 333 Å². The highest BCUT2D eigenvalue weighted by Gasteiger charge is 2.24. The van der Waals surface area contributed by atoms with Crippen LogP contribution in [0.25, 0.3) is 0 Å². The maximum atomic E-state index is 12.4. The zero-order valence-electron chi connectivity index (χ0n) is 34.0. The molecule has 0 fully saturated rings. The van der Waals surface area contributed by atoms with Gasteiger partial charge in [-0.1, -0.05) is 139 Å². The van der Waals surface area contributed by atoms with Crippen LogP contribution in [0.3, 0.4) is 0 Å². The van der Waals surface area contributed by atoms with Crippen LogP contribution in [-0.2, 0) is 27.9 Å². The molecule has 0 heterocycles. The first-order valence-corrected chi connectivity index (χ1v) is 22.3. The molecule has 318 valence electrons. The summed E-state index contributed by atoms with van der Waals surface area (Å²) in [5.41, 5.74) is 5.34. The fourth-order valence-electron chi connectivity index (χ4n) is 5.24. The van der Waals surface area contributed by atoms with Crippen LogP contribution in [0.1, 0.15) is 142 Å². The summed E-state index contributed by atoms with van der Waals surface area (Å²) in [6.07, 6.45) is 38.1. The molecule has 0 saturated heterocycles. The van der Waals surface area contributed by atoms with Gasteiger partial charge in [-0.3, -0.25) is 13.8 Å². The third-order valence-corrected chi connectivity index (χ3v) is 9.54. The molecule has 1 unspecified atom stereocenters. The van der Waals surface area contributed by atoms with Crippen LogP contribution in [0.4, 0.5) is 0 Å². The molecule has 0 spiro atoms. The molecular formula is C43H76NO10P. The maximum Gasteiger partial charge on any atom is 0.472 e. The number of carbonyl (C=O) groups excluding carboxylic acids is 1. The number of unbranched alkanes of at least 4 members (excludes halogenated alkanes) is 13. The number of phosphoric ester groups is 1. The Morgan fingerprint density at radius 3 is 1.87 bits per heavy atom. The van der Waals surface area contributed by atoms with E-state index in [2.05, 4.69) is 26.0 Å². The van der Waals surface area contributed by atoms with Crippen molar-refractivity contribution >= 4 is 13.8 Å². The number of ether oxygens (including phenoxy) is 2. The van der Waals surface area contributed by atoms with Crippen molar-refractivity contribution in [3.05, 3.63) is 73.1 Å². The van der Waals surface area contributed by atoms with Crippen LogP contribution in [0, 0.1) is 0 Å². The molecule has 0 bridgehead atoms. The van der Waals surface area contributed by atoms with Crippen molar-refractivity contribution in [2.45, 2.75) is 167 Å². The summed E-state index contributed by atoms with van der Waals surface area (Å²) in [7, 11) is -4.36. The molecule has 6 N–H and O–H groups in total. The standard InChI is InChI=1S/C43H76NO10P/c1-3-5-7-8-9-10-11-12-13-14-15-16-17-20-23-27-35-51-40(38-54-55(49,50)53-36-34-44)37-52-43(48)33-28-32-42(47)41(46)31-26-22-19-18-21-25-30-39(45)29-24-6-4-2/h12-13,18-19,21-22,25-27,30-31,35,39-42,45-47H,3-11,14-17,20,23-24,28-29,32-34,36-38,44H2,1-2H3,(H,49,50)/b13-12-,21-18-,22-19+,30-25+,31-26+,35-27+/t39-,40-,41-,42-/m1/s1. The summed E-state index contributed by atoms with van der Waals surface area (Å²) in [4.78, 5) is 22.3. The van der Waals surface area contributed by atoms with E-state index < -0.39 is 38.2 Å². The summed E-state index contributed by atoms with van der Waals surface area (Å²) in [5.74, 6) is -0.545. The quantitative estimate of drug-likeness (QED) is 0.0100. The first kappa shape index (κ1) is 52.7. The zero-order chi connectivity index (χ0) is 40.7. The van der Waals surface area contributed by atoms with E-state index in [9.17, 15) is 29.6 Å². The number of nitrogens with two attached hydrogens (primary N) is 1. The van der Waals surface area contributed by atoms with Crippen molar-refractivity contribution < 1.29 is 48.1 Å². The molecule has 0 aliphatic rings. The molecule has 0 aromatic rings. The normalized spacial score (nSPS) is 15.9. The van der Waals surface area contributed by atoms with Gasteiger partial charge in [0.1, 0.15) is 6.61 Å².